The first kappa shape index (κ1) is 16.3. The Kier molecular flexibility index (Phi) is 6.99. The number of hydrogen-bond donors (Lipinski definition) is 1. The van der Waals surface area contributed by atoms with E-state index in [9.17, 15) is 5.11 Å². The number of alkyl halides is 3. The van der Waals surface area contributed by atoms with E-state index in [1.54, 1.807) is 18.2 Å². The zero-order valence-corrected chi connectivity index (χ0v) is 12.4. The van der Waals surface area contributed by atoms with Crippen LogP contribution in [-0.4, -0.2) is 22.7 Å². The lowest BCUT2D eigenvalue weighted by atomic mass is 10.7. The minimum Gasteiger partial charge on any atom is -0.392 e. The van der Waals surface area contributed by atoms with Gasteiger partial charge in [-0.05, 0) is 18.1 Å². The monoisotopic (exact) mass is 298 g/mol. The highest BCUT2D eigenvalue weighted by atomic mass is 35.6. The van der Waals surface area contributed by atoms with E-state index in [0.29, 0.717) is 18.1 Å². The van der Waals surface area contributed by atoms with Gasteiger partial charge in [0.05, 0.1) is 5.73 Å². The predicted octanol–water partition coefficient (Wildman–Crippen LogP) is 4.26. The van der Waals surface area contributed by atoms with Crippen LogP contribution in [0.5, 0.6) is 0 Å². The standard InChI is InChI=1S/C11H17Cl3OSi/c1-4-7-16(8-5-2,9-6-3)10(15)11(12,13)14/h4-6,10,15H,1-3,7-9H2. The first-order valence-electron chi connectivity index (χ1n) is 4.91. The second kappa shape index (κ2) is 6.87. The Balaban J connectivity index is 5.20. The molecular formula is C11H17Cl3OSi. The summed E-state index contributed by atoms with van der Waals surface area (Å²) in [6.45, 7) is 11.1. The molecule has 1 atom stereocenters. The number of aliphatic hydroxyl groups is 1. The maximum absolute atomic E-state index is 10.2. The normalized spacial score (nSPS) is 14.2. The van der Waals surface area contributed by atoms with E-state index in [0.717, 1.165) is 0 Å². The summed E-state index contributed by atoms with van der Waals surface area (Å²) in [5.41, 5.74) is -0.959. The van der Waals surface area contributed by atoms with Crippen molar-refractivity contribution in [2.24, 2.45) is 0 Å². The van der Waals surface area contributed by atoms with Gasteiger partial charge in [-0.15, -0.1) is 19.7 Å². The Bertz CT molecular complexity index is 234. The van der Waals surface area contributed by atoms with Gasteiger partial charge in [-0.3, -0.25) is 0 Å². The van der Waals surface area contributed by atoms with Crippen molar-refractivity contribution < 1.29 is 5.11 Å². The second-order valence-corrected chi connectivity index (χ2v) is 10.7. The molecule has 0 amide bonds. The van der Waals surface area contributed by atoms with Crippen molar-refractivity contribution in [3.05, 3.63) is 38.0 Å². The topological polar surface area (TPSA) is 20.2 Å². The van der Waals surface area contributed by atoms with Crippen LogP contribution in [0.3, 0.4) is 0 Å². The van der Waals surface area contributed by atoms with Gasteiger partial charge in [0.1, 0.15) is 8.07 Å². The van der Waals surface area contributed by atoms with Gasteiger partial charge in [-0.25, -0.2) is 0 Å². The molecule has 0 saturated carbocycles. The van der Waals surface area contributed by atoms with E-state index in [-0.39, 0.29) is 0 Å². The first-order valence-corrected chi connectivity index (χ1v) is 8.75. The van der Waals surface area contributed by atoms with Crippen molar-refractivity contribution in [2.45, 2.75) is 27.7 Å². The van der Waals surface area contributed by atoms with Crippen LogP contribution < -0.4 is 0 Å². The lowest BCUT2D eigenvalue weighted by Gasteiger charge is -2.37. The highest BCUT2D eigenvalue weighted by Crippen LogP contribution is 2.40. The van der Waals surface area contributed by atoms with Crippen molar-refractivity contribution in [3.8, 4) is 0 Å². The van der Waals surface area contributed by atoms with Crippen molar-refractivity contribution >= 4 is 42.9 Å². The number of halogens is 3. The third-order valence-corrected chi connectivity index (χ3v) is 8.61. The van der Waals surface area contributed by atoms with Crippen LogP contribution in [0.1, 0.15) is 0 Å². The molecule has 16 heavy (non-hydrogen) atoms. The summed E-state index contributed by atoms with van der Waals surface area (Å²) in [4.78, 5) is 0. The second-order valence-electron chi connectivity index (χ2n) is 3.78. The molecule has 92 valence electrons. The minimum absolute atomic E-state index is 0.667. The largest absolute Gasteiger partial charge is 0.392 e. The maximum Gasteiger partial charge on any atom is 0.213 e. The van der Waals surface area contributed by atoms with Crippen LogP contribution in [0.15, 0.2) is 38.0 Å². The van der Waals surface area contributed by atoms with E-state index in [2.05, 4.69) is 19.7 Å². The summed E-state index contributed by atoms with van der Waals surface area (Å²) >= 11 is 17.4. The van der Waals surface area contributed by atoms with E-state index >= 15 is 0 Å². The molecular weight excluding hydrogens is 283 g/mol. The van der Waals surface area contributed by atoms with Gasteiger partial charge in [0, 0.05) is 0 Å². The third-order valence-electron chi connectivity index (χ3n) is 2.54. The van der Waals surface area contributed by atoms with Gasteiger partial charge in [-0.2, -0.15) is 0 Å². The number of hydrogen-bond acceptors (Lipinski definition) is 1. The molecule has 1 unspecified atom stereocenters. The molecule has 0 bridgehead atoms. The molecule has 5 heteroatoms. The average Bonchev–Trinajstić information content (AvgIpc) is 2.16. The molecule has 0 aromatic carbocycles. The molecule has 0 aliphatic rings. The molecule has 0 aromatic heterocycles. The number of allylic oxidation sites excluding steroid dienone is 3. The van der Waals surface area contributed by atoms with Gasteiger partial charge in [0.2, 0.25) is 3.79 Å². The van der Waals surface area contributed by atoms with E-state index in [1.807, 2.05) is 0 Å². The van der Waals surface area contributed by atoms with Gasteiger partial charge in [0.15, 0.2) is 0 Å². The highest BCUT2D eigenvalue weighted by molar-refractivity contribution is 6.86. The van der Waals surface area contributed by atoms with Crippen LogP contribution in [0.2, 0.25) is 18.1 Å². The summed E-state index contributed by atoms with van der Waals surface area (Å²) in [7, 11) is -2.23. The van der Waals surface area contributed by atoms with Crippen molar-refractivity contribution in [1.29, 1.82) is 0 Å². The maximum atomic E-state index is 10.2. The summed E-state index contributed by atoms with van der Waals surface area (Å²) < 4.78 is -1.67. The molecule has 0 heterocycles. The lowest BCUT2D eigenvalue weighted by molar-refractivity contribution is 0.246. The third kappa shape index (κ3) is 4.26. The molecule has 0 aliphatic carbocycles. The fourth-order valence-corrected chi connectivity index (χ4v) is 7.47. The predicted molar refractivity (Wildman–Crippen MR) is 77.1 cm³/mol. The molecule has 0 saturated heterocycles. The summed E-state index contributed by atoms with van der Waals surface area (Å²) in [6, 6.07) is 2.00. The van der Waals surface area contributed by atoms with Crippen molar-refractivity contribution in [1.82, 2.24) is 0 Å². The molecule has 0 rings (SSSR count). The van der Waals surface area contributed by atoms with Gasteiger partial charge in [-0.1, -0.05) is 53.0 Å². The smallest absolute Gasteiger partial charge is 0.213 e. The molecule has 0 aromatic rings. The fourth-order valence-electron chi connectivity index (χ4n) is 1.79. The average molecular weight is 300 g/mol. The SMILES string of the molecule is C=CC[Si](CC=C)(CC=C)C(O)C(Cl)(Cl)Cl. The summed E-state index contributed by atoms with van der Waals surface area (Å²) in [5, 5.41) is 10.2. The lowest BCUT2D eigenvalue weighted by Crippen LogP contribution is -2.53. The molecule has 0 radical (unpaired) electrons. The minimum atomic E-state index is -2.23. The van der Waals surface area contributed by atoms with Crippen LogP contribution in [0, 0.1) is 0 Å². The molecule has 0 aliphatic heterocycles. The quantitative estimate of drug-likeness (QED) is 0.423. The first-order chi connectivity index (χ1) is 7.34. The Morgan fingerprint density at radius 3 is 1.50 bits per heavy atom. The summed E-state index contributed by atoms with van der Waals surface area (Å²) in [6.07, 6.45) is 5.29. The fraction of sp³-hybridized carbons (Fsp3) is 0.455. The van der Waals surface area contributed by atoms with Crippen LogP contribution in [0.4, 0.5) is 0 Å². The molecule has 1 N–H and O–H groups in total. The van der Waals surface area contributed by atoms with Gasteiger partial charge >= 0.3 is 0 Å². The van der Waals surface area contributed by atoms with Crippen LogP contribution in [0.25, 0.3) is 0 Å². The van der Waals surface area contributed by atoms with Crippen molar-refractivity contribution in [3.63, 3.8) is 0 Å². The Labute approximate surface area is 113 Å². The van der Waals surface area contributed by atoms with Gasteiger partial charge in [0.25, 0.3) is 0 Å². The molecule has 1 nitrogen and oxygen atoms in total. The van der Waals surface area contributed by atoms with Crippen LogP contribution in [-0.2, 0) is 0 Å². The van der Waals surface area contributed by atoms with E-state index in [4.69, 9.17) is 34.8 Å². The van der Waals surface area contributed by atoms with Gasteiger partial charge < -0.3 is 5.11 Å². The molecule has 0 fully saturated rings. The van der Waals surface area contributed by atoms with Crippen LogP contribution >= 0.6 is 34.8 Å². The zero-order valence-electron chi connectivity index (χ0n) is 9.13. The highest BCUT2D eigenvalue weighted by Gasteiger charge is 2.47. The number of aliphatic hydroxyl groups excluding tert-OH is 1. The van der Waals surface area contributed by atoms with E-state index < -0.39 is 17.6 Å². The summed E-state index contributed by atoms with van der Waals surface area (Å²) in [5.74, 6) is 0. The zero-order chi connectivity index (χ0) is 12.8. The molecule has 0 spiro atoms. The Hall–Kier alpha value is 0.267. The van der Waals surface area contributed by atoms with Crippen molar-refractivity contribution in [2.75, 3.05) is 0 Å². The Morgan fingerprint density at radius 2 is 1.31 bits per heavy atom. The Morgan fingerprint density at radius 1 is 1.00 bits per heavy atom. The number of rotatable bonds is 7. The van der Waals surface area contributed by atoms with E-state index in [1.165, 1.54) is 0 Å².